The molecule has 5 aromatic rings. The lowest BCUT2D eigenvalue weighted by molar-refractivity contribution is 0.130. The predicted molar refractivity (Wildman–Crippen MR) is 191 cm³/mol. The lowest BCUT2D eigenvalue weighted by Gasteiger charge is -2.31. The summed E-state index contributed by atoms with van der Waals surface area (Å²) in [5.41, 5.74) is 3.04. The van der Waals surface area contributed by atoms with Crippen LogP contribution in [0.25, 0.3) is 22.1 Å². The minimum Gasteiger partial charge on any atom is -0.507 e. The van der Waals surface area contributed by atoms with E-state index in [0.717, 1.165) is 38.5 Å². The molecule has 0 saturated carbocycles. The van der Waals surface area contributed by atoms with Crippen LogP contribution < -0.4 is 14.9 Å². The summed E-state index contributed by atoms with van der Waals surface area (Å²) >= 11 is 0. The van der Waals surface area contributed by atoms with Gasteiger partial charge in [-0.3, -0.25) is 4.79 Å². The van der Waals surface area contributed by atoms with Crippen LogP contribution in [0.15, 0.2) is 113 Å². The molecule has 0 bridgehead atoms. The molecule has 2 fully saturated rings. The molecule has 50 heavy (non-hydrogen) atoms. The molecule has 4 aromatic carbocycles. The van der Waals surface area contributed by atoms with Crippen LogP contribution in [0.5, 0.6) is 17.2 Å². The molecule has 1 aromatic heterocycles. The SMILES string of the molecule is O=C(Oc1ccc(-c2coc3cc(OC(=O)N4CCC(Cc5ccccc5)CC4)cc(O)c3c2=O)cc1)N1CCC(Cc2ccccc2)CC1. The minimum absolute atomic E-state index is 0.0183. The van der Waals surface area contributed by atoms with Gasteiger partial charge in [0.05, 0.1) is 5.56 Å². The van der Waals surface area contributed by atoms with Crippen molar-refractivity contribution in [2.45, 2.75) is 38.5 Å². The Kier molecular flexibility index (Phi) is 9.82. The van der Waals surface area contributed by atoms with Crippen LogP contribution in [0.2, 0.25) is 0 Å². The van der Waals surface area contributed by atoms with E-state index in [0.29, 0.717) is 49.3 Å². The number of phenols is 1. The number of phenolic OH excluding ortho intramolecular Hbond substituents is 1. The van der Waals surface area contributed by atoms with Crippen LogP contribution in [0.3, 0.4) is 0 Å². The number of aromatic hydroxyl groups is 1. The van der Waals surface area contributed by atoms with Crippen LogP contribution in [0.1, 0.15) is 36.8 Å². The van der Waals surface area contributed by atoms with Crippen LogP contribution >= 0.6 is 0 Å². The summed E-state index contributed by atoms with van der Waals surface area (Å²) in [5, 5.41) is 10.8. The smallest absolute Gasteiger partial charge is 0.415 e. The highest BCUT2D eigenvalue weighted by Crippen LogP contribution is 2.32. The second-order valence-corrected chi connectivity index (χ2v) is 13.3. The van der Waals surface area contributed by atoms with Crippen molar-refractivity contribution in [2.24, 2.45) is 11.8 Å². The molecule has 0 radical (unpaired) electrons. The zero-order chi connectivity index (χ0) is 34.5. The van der Waals surface area contributed by atoms with Gasteiger partial charge in [-0.1, -0.05) is 72.8 Å². The second kappa shape index (κ2) is 14.9. The van der Waals surface area contributed by atoms with Crippen LogP contribution in [0, 0.1) is 11.8 Å². The number of nitrogens with zero attached hydrogens (tertiary/aromatic N) is 2. The van der Waals surface area contributed by atoms with E-state index in [4.69, 9.17) is 13.9 Å². The Balaban J connectivity index is 0.943. The lowest BCUT2D eigenvalue weighted by atomic mass is 9.90. The summed E-state index contributed by atoms with van der Waals surface area (Å²) in [4.78, 5) is 42.7. The van der Waals surface area contributed by atoms with Crippen molar-refractivity contribution in [3.05, 3.63) is 125 Å². The molecule has 256 valence electrons. The van der Waals surface area contributed by atoms with Gasteiger partial charge in [0.2, 0.25) is 5.43 Å². The summed E-state index contributed by atoms with van der Waals surface area (Å²) in [6, 6.07) is 30.0. The standard InChI is InChI=1S/C41H40N2O7/c44-36-25-34(50-41(47)43-21-17-31(18-22-43)24-29-9-5-2-6-10-29)26-37-38(36)39(45)35(27-48-37)32-11-13-33(14-12-32)49-40(46)42-19-15-30(16-20-42)23-28-7-3-1-4-8-28/h1-14,25-27,30-31,44H,15-24H2. The van der Waals surface area contributed by atoms with Crippen LogP contribution in [-0.4, -0.2) is 53.3 Å². The van der Waals surface area contributed by atoms with Crippen molar-refractivity contribution in [1.82, 2.24) is 9.80 Å². The van der Waals surface area contributed by atoms with E-state index >= 15 is 0 Å². The number of fused-ring (bicyclic) bond motifs is 1. The van der Waals surface area contributed by atoms with Gasteiger partial charge in [-0.15, -0.1) is 0 Å². The molecule has 0 spiro atoms. The number of rotatable bonds is 7. The third-order valence-corrected chi connectivity index (χ3v) is 9.89. The fraction of sp³-hybridized carbons (Fsp3) is 0.293. The summed E-state index contributed by atoms with van der Waals surface area (Å²) in [7, 11) is 0. The Bertz CT molecular complexity index is 2000. The molecule has 2 amide bonds. The van der Waals surface area contributed by atoms with Crippen molar-refractivity contribution in [1.29, 1.82) is 0 Å². The first-order valence-electron chi connectivity index (χ1n) is 17.3. The molecule has 2 aliphatic rings. The quantitative estimate of drug-likeness (QED) is 0.186. The monoisotopic (exact) mass is 672 g/mol. The molecule has 9 heteroatoms. The van der Waals surface area contributed by atoms with Gasteiger partial charge in [-0.25, -0.2) is 9.59 Å². The van der Waals surface area contributed by atoms with E-state index in [9.17, 15) is 19.5 Å². The third-order valence-electron chi connectivity index (χ3n) is 9.89. The van der Waals surface area contributed by atoms with Gasteiger partial charge in [0.25, 0.3) is 0 Å². The van der Waals surface area contributed by atoms with Gasteiger partial charge in [-0.05, 0) is 79.2 Å². The predicted octanol–water partition coefficient (Wildman–Crippen LogP) is 8.07. The number of carbonyl (C=O) groups excluding carboxylic acids is 2. The summed E-state index contributed by atoms with van der Waals surface area (Å²) in [5.74, 6) is 1.15. The first-order chi connectivity index (χ1) is 24.4. The van der Waals surface area contributed by atoms with Crippen molar-refractivity contribution in [3.8, 4) is 28.4 Å². The fourth-order valence-corrected chi connectivity index (χ4v) is 7.03. The Morgan fingerprint density at radius 3 is 1.70 bits per heavy atom. The molecule has 0 aliphatic carbocycles. The van der Waals surface area contributed by atoms with E-state index in [1.165, 1.54) is 29.5 Å². The minimum atomic E-state index is -0.505. The highest BCUT2D eigenvalue weighted by Gasteiger charge is 2.26. The maximum Gasteiger partial charge on any atom is 0.415 e. The van der Waals surface area contributed by atoms with Gasteiger partial charge in [0.1, 0.15) is 34.5 Å². The highest BCUT2D eigenvalue weighted by molar-refractivity contribution is 5.88. The first-order valence-corrected chi connectivity index (χ1v) is 17.3. The number of ether oxygens (including phenoxy) is 2. The Morgan fingerprint density at radius 2 is 1.18 bits per heavy atom. The largest absolute Gasteiger partial charge is 0.507 e. The van der Waals surface area contributed by atoms with Gasteiger partial charge in [0, 0.05) is 38.3 Å². The number of piperidine rings is 2. The molecule has 1 N–H and O–H groups in total. The zero-order valence-corrected chi connectivity index (χ0v) is 27.8. The Labute approximate surface area is 290 Å². The van der Waals surface area contributed by atoms with E-state index in [-0.39, 0.29) is 28.0 Å². The molecule has 9 nitrogen and oxygen atoms in total. The maximum atomic E-state index is 13.5. The van der Waals surface area contributed by atoms with E-state index < -0.39 is 17.6 Å². The number of benzene rings is 4. The van der Waals surface area contributed by atoms with Crippen LogP contribution in [-0.2, 0) is 12.8 Å². The molecule has 0 unspecified atom stereocenters. The first kappa shape index (κ1) is 33.0. The highest BCUT2D eigenvalue weighted by atomic mass is 16.6. The number of likely N-dealkylation sites (tertiary alicyclic amines) is 2. The third kappa shape index (κ3) is 7.67. The summed E-state index contributed by atoms with van der Waals surface area (Å²) in [6.45, 7) is 2.45. The Hall–Kier alpha value is -5.57. The van der Waals surface area contributed by atoms with Gasteiger partial charge < -0.3 is 28.8 Å². The van der Waals surface area contributed by atoms with E-state index in [2.05, 4.69) is 36.4 Å². The molecule has 2 aliphatic heterocycles. The van der Waals surface area contributed by atoms with Crippen LogP contribution in [0.4, 0.5) is 9.59 Å². The van der Waals surface area contributed by atoms with E-state index in [1.54, 1.807) is 34.1 Å². The fourth-order valence-electron chi connectivity index (χ4n) is 7.03. The normalized spacial score (nSPS) is 15.6. The molecule has 0 atom stereocenters. The molecule has 3 heterocycles. The van der Waals surface area contributed by atoms with Gasteiger partial charge in [0.15, 0.2) is 0 Å². The van der Waals surface area contributed by atoms with Crippen molar-refractivity contribution in [2.75, 3.05) is 26.2 Å². The second-order valence-electron chi connectivity index (χ2n) is 13.3. The molecular formula is C41H40N2O7. The van der Waals surface area contributed by atoms with E-state index in [1.807, 2.05) is 24.3 Å². The summed E-state index contributed by atoms with van der Waals surface area (Å²) < 4.78 is 17.0. The molecule has 7 rings (SSSR count). The van der Waals surface area contributed by atoms with Crippen molar-refractivity contribution in [3.63, 3.8) is 0 Å². The number of carbonyl (C=O) groups is 2. The van der Waals surface area contributed by atoms with Gasteiger partial charge >= 0.3 is 12.2 Å². The maximum absolute atomic E-state index is 13.5. The summed E-state index contributed by atoms with van der Waals surface area (Å²) in [6.07, 6.45) is 6.01. The number of amides is 2. The zero-order valence-electron chi connectivity index (χ0n) is 27.8. The number of hydrogen-bond acceptors (Lipinski definition) is 7. The topological polar surface area (TPSA) is 110 Å². The van der Waals surface area contributed by atoms with Gasteiger partial charge in [-0.2, -0.15) is 0 Å². The molecule has 2 saturated heterocycles. The Morgan fingerprint density at radius 1 is 0.680 bits per heavy atom. The lowest BCUT2D eigenvalue weighted by Crippen LogP contribution is -2.40. The van der Waals surface area contributed by atoms with Crippen molar-refractivity contribution < 1.29 is 28.6 Å². The van der Waals surface area contributed by atoms with Crippen molar-refractivity contribution >= 4 is 23.2 Å². The number of hydrogen-bond donors (Lipinski definition) is 1. The molecular weight excluding hydrogens is 632 g/mol. The average Bonchev–Trinajstić information content (AvgIpc) is 3.13. The average molecular weight is 673 g/mol.